The van der Waals surface area contributed by atoms with E-state index in [9.17, 15) is 0 Å². The maximum atomic E-state index is 6.15. The van der Waals surface area contributed by atoms with Crippen molar-refractivity contribution in [2.24, 2.45) is 0 Å². The van der Waals surface area contributed by atoms with Crippen LogP contribution in [0.25, 0.3) is 11.0 Å². The number of thioether (sulfide) groups is 1. The Bertz CT molecular complexity index is 677. The molecule has 1 heterocycles. The molecule has 1 saturated carbocycles. The van der Waals surface area contributed by atoms with E-state index in [-0.39, 0.29) is 0 Å². The molecule has 0 amide bonds. The van der Waals surface area contributed by atoms with Crippen molar-refractivity contribution in [2.45, 2.75) is 30.6 Å². The molecule has 1 aliphatic carbocycles. The van der Waals surface area contributed by atoms with Gasteiger partial charge >= 0.3 is 0 Å². The third kappa shape index (κ3) is 2.33. The van der Waals surface area contributed by atoms with Gasteiger partial charge in [-0.1, -0.05) is 29.6 Å². The molecule has 6 heteroatoms. The highest BCUT2D eigenvalue weighted by atomic mass is 35.5. The Morgan fingerprint density at radius 1 is 1.32 bits per heavy atom. The minimum atomic E-state index is 0.452. The first-order chi connectivity index (χ1) is 9.11. The number of rotatable bonds is 2. The van der Waals surface area contributed by atoms with Crippen molar-refractivity contribution in [1.29, 1.82) is 0 Å². The molecule has 0 aliphatic heterocycles. The second-order valence-electron chi connectivity index (χ2n) is 4.86. The van der Waals surface area contributed by atoms with Crippen LogP contribution in [-0.4, -0.2) is 21.1 Å². The smallest absolute Gasteiger partial charge is 0.178 e. The summed E-state index contributed by atoms with van der Waals surface area (Å²) in [5.74, 6) is 0. The summed E-state index contributed by atoms with van der Waals surface area (Å²) in [7, 11) is 0. The van der Waals surface area contributed by atoms with Crippen molar-refractivity contribution >= 4 is 58.2 Å². The first-order valence-corrected chi connectivity index (χ1v) is 8.69. The third-order valence-corrected chi connectivity index (χ3v) is 5.99. The third-order valence-electron chi connectivity index (χ3n) is 3.81. The zero-order chi connectivity index (χ0) is 13.6. The number of nitrogens with zero attached hydrogens (tertiary/aromatic N) is 1. The number of imidazole rings is 1. The zero-order valence-corrected chi connectivity index (χ0v) is 13.6. The summed E-state index contributed by atoms with van der Waals surface area (Å²) in [6.07, 6.45) is 5.85. The summed E-state index contributed by atoms with van der Waals surface area (Å²) < 4.78 is 2.99. The van der Waals surface area contributed by atoms with Gasteiger partial charge in [0.1, 0.15) is 0 Å². The highest BCUT2D eigenvalue weighted by Gasteiger charge is 2.29. The molecule has 1 fully saturated rings. The molecule has 0 saturated heterocycles. The van der Waals surface area contributed by atoms with E-state index in [1.165, 1.54) is 19.3 Å². The lowest BCUT2D eigenvalue weighted by Gasteiger charge is -2.20. The van der Waals surface area contributed by atoms with Crippen molar-refractivity contribution in [3.63, 3.8) is 0 Å². The number of benzene rings is 1. The summed E-state index contributed by atoms with van der Waals surface area (Å²) in [6.45, 7) is 0. The van der Waals surface area contributed by atoms with Gasteiger partial charge in [-0.25, -0.2) is 0 Å². The van der Waals surface area contributed by atoms with Gasteiger partial charge in [0, 0.05) is 11.3 Å². The molecule has 1 aliphatic rings. The molecule has 1 aromatic heterocycles. The van der Waals surface area contributed by atoms with Gasteiger partial charge in [0.15, 0.2) is 4.77 Å². The standard InChI is InChI=1S/C13H14Cl2N2S2/c1-19-12-4-2-3-10(12)17-11-6-8(15)7(14)5-9(11)16-13(17)18/h5-6,10,12H,2-4H2,1H3,(H,16,18). The summed E-state index contributed by atoms with van der Waals surface area (Å²) in [4.78, 5) is 3.24. The summed E-state index contributed by atoms with van der Waals surface area (Å²) >= 11 is 19.6. The highest BCUT2D eigenvalue weighted by Crippen LogP contribution is 2.40. The molecule has 102 valence electrons. The van der Waals surface area contributed by atoms with Crippen LogP contribution in [0.15, 0.2) is 12.1 Å². The maximum Gasteiger partial charge on any atom is 0.178 e. The Balaban J connectivity index is 2.20. The molecule has 1 N–H and O–H groups in total. The van der Waals surface area contributed by atoms with Crippen molar-refractivity contribution in [2.75, 3.05) is 6.26 Å². The number of nitrogens with one attached hydrogen (secondary N) is 1. The number of aromatic nitrogens is 2. The van der Waals surface area contributed by atoms with Crippen LogP contribution in [0, 0.1) is 4.77 Å². The Morgan fingerprint density at radius 3 is 2.79 bits per heavy atom. The fourth-order valence-corrected chi connectivity index (χ4v) is 4.57. The van der Waals surface area contributed by atoms with Crippen LogP contribution in [0.3, 0.4) is 0 Å². The predicted octanol–water partition coefficient (Wildman–Crippen LogP) is 5.46. The van der Waals surface area contributed by atoms with Gasteiger partial charge in [0.05, 0.1) is 21.1 Å². The predicted molar refractivity (Wildman–Crippen MR) is 87.3 cm³/mol. The average Bonchev–Trinajstić information content (AvgIpc) is 2.93. The van der Waals surface area contributed by atoms with Crippen molar-refractivity contribution in [3.05, 3.63) is 26.9 Å². The Hall–Kier alpha value is -0.160. The number of aromatic amines is 1. The number of halogens is 2. The number of fused-ring (bicyclic) bond motifs is 1. The fourth-order valence-electron chi connectivity index (χ4n) is 2.93. The van der Waals surface area contributed by atoms with E-state index in [2.05, 4.69) is 15.8 Å². The van der Waals surface area contributed by atoms with E-state index in [0.29, 0.717) is 21.3 Å². The van der Waals surface area contributed by atoms with E-state index in [1.54, 1.807) is 0 Å². The minimum absolute atomic E-state index is 0.452. The molecule has 3 rings (SSSR count). The normalized spacial score (nSPS) is 23.3. The number of hydrogen-bond donors (Lipinski definition) is 1. The first kappa shape index (κ1) is 13.8. The van der Waals surface area contributed by atoms with E-state index < -0.39 is 0 Å². The van der Waals surface area contributed by atoms with Crippen molar-refractivity contribution in [1.82, 2.24) is 9.55 Å². The second kappa shape index (κ2) is 5.32. The molecule has 2 nitrogen and oxygen atoms in total. The molecule has 1 aromatic carbocycles. The van der Waals surface area contributed by atoms with Crippen molar-refractivity contribution in [3.8, 4) is 0 Å². The molecular formula is C13H14Cl2N2S2. The van der Waals surface area contributed by atoms with Crippen molar-refractivity contribution < 1.29 is 0 Å². The van der Waals surface area contributed by atoms with Crippen LogP contribution in [0.5, 0.6) is 0 Å². The van der Waals surface area contributed by atoms with Gasteiger partial charge in [0.25, 0.3) is 0 Å². The van der Waals surface area contributed by atoms with E-state index in [0.717, 1.165) is 15.8 Å². The molecule has 0 spiro atoms. The Morgan fingerprint density at radius 2 is 2.05 bits per heavy atom. The van der Waals surface area contributed by atoms with Crippen LogP contribution >= 0.6 is 47.2 Å². The van der Waals surface area contributed by atoms with E-state index in [4.69, 9.17) is 35.4 Å². The minimum Gasteiger partial charge on any atom is -0.331 e. The first-order valence-electron chi connectivity index (χ1n) is 6.24. The monoisotopic (exact) mass is 332 g/mol. The molecule has 0 radical (unpaired) electrons. The lowest BCUT2D eigenvalue weighted by atomic mass is 10.2. The van der Waals surface area contributed by atoms with Gasteiger partial charge in [-0.2, -0.15) is 11.8 Å². The molecular weight excluding hydrogens is 319 g/mol. The van der Waals surface area contributed by atoms with Crippen LogP contribution in [-0.2, 0) is 0 Å². The molecule has 2 aromatic rings. The second-order valence-corrected chi connectivity index (χ2v) is 7.13. The van der Waals surface area contributed by atoms with Gasteiger partial charge in [-0.15, -0.1) is 0 Å². The molecule has 2 unspecified atom stereocenters. The fraction of sp³-hybridized carbons (Fsp3) is 0.462. The van der Waals surface area contributed by atoms with Gasteiger partial charge < -0.3 is 9.55 Å². The van der Waals surface area contributed by atoms with Crippen LogP contribution in [0.1, 0.15) is 25.3 Å². The lowest BCUT2D eigenvalue weighted by Crippen LogP contribution is -2.15. The topological polar surface area (TPSA) is 20.7 Å². The average molecular weight is 333 g/mol. The largest absolute Gasteiger partial charge is 0.331 e. The quantitative estimate of drug-likeness (QED) is 0.736. The number of H-pyrrole nitrogens is 1. The molecule has 0 bridgehead atoms. The van der Waals surface area contributed by atoms with Crippen LogP contribution < -0.4 is 0 Å². The Kier molecular flexibility index (Phi) is 3.87. The SMILES string of the molecule is CSC1CCCC1n1c(=S)[nH]c2cc(Cl)c(Cl)cc21. The summed E-state index contributed by atoms with van der Waals surface area (Å²) in [5, 5.41) is 1.76. The van der Waals surface area contributed by atoms with E-state index in [1.807, 2.05) is 23.9 Å². The maximum absolute atomic E-state index is 6.15. The highest BCUT2D eigenvalue weighted by molar-refractivity contribution is 7.99. The van der Waals surface area contributed by atoms with Gasteiger partial charge in [-0.3, -0.25) is 0 Å². The zero-order valence-electron chi connectivity index (χ0n) is 10.5. The molecule has 2 atom stereocenters. The molecule has 19 heavy (non-hydrogen) atoms. The van der Waals surface area contributed by atoms with Crippen LogP contribution in [0.2, 0.25) is 10.0 Å². The van der Waals surface area contributed by atoms with E-state index >= 15 is 0 Å². The van der Waals surface area contributed by atoms with Gasteiger partial charge in [0.2, 0.25) is 0 Å². The van der Waals surface area contributed by atoms with Crippen LogP contribution in [0.4, 0.5) is 0 Å². The summed E-state index contributed by atoms with van der Waals surface area (Å²) in [6, 6.07) is 4.23. The Labute approximate surface area is 131 Å². The number of hydrogen-bond acceptors (Lipinski definition) is 2. The summed E-state index contributed by atoms with van der Waals surface area (Å²) in [5.41, 5.74) is 2.02. The van der Waals surface area contributed by atoms with Gasteiger partial charge in [-0.05, 0) is 43.4 Å². The lowest BCUT2D eigenvalue weighted by molar-refractivity contribution is 0.536.